The predicted molar refractivity (Wildman–Crippen MR) is 181 cm³/mol. The minimum absolute atomic E-state index is 0.00822. The zero-order chi connectivity index (χ0) is 34.0. The van der Waals surface area contributed by atoms with Crippen molar-refractivity contribution >= 4 is 44.6 Å². The Hall–Kier alpha value is -3.98. The second-order valence-electron chi connectivity index (χ2n) is 12.7. The first-order valence-electron chi connectivity index (χ1n) is 16.3. The Morgan fingerprint density at radius 3 is 2.88 bits per heavy atom. The van der Waals surface area contributed by atoms with E-state index in [0.29, 0.717) is 48.3 Å². The number of esters is 1. The molecule has 14 heteroatoms. The Morgan fingerprint density at radius 1 is 1.22 bits per heavy atom. The molecule has 4 atom stereocenters. The van der Waals surface area contributed by atoms with Gasteiger partial charge < -0.3 is 29.2 Å². The maximum absolute atomic E-state index is 15.3. The van der Waals surface area contributed by atoms with Gasteiger partial charge in [-0.05, 0) is 78.3 Å². The van der Waals surface area contributed by atoms with Gasteiger partial charge in [-0.25, -0.2) is 23.9 Å². The fourth-order valence-electron chi connectivity index (χ4n) is 7.43. The van der Waals surface area contributed by atoms with Crippen LogP contribution < -0.4 is 10.9 Å². The summed E-state index contributed by atoms with van der Waals surface area (Å²) in [6.45, 7) is 4.13. The van der Waals surface area contributed by atoms with E-state index in [1.54, 1.807) is 41.5 Å². The predicted octanol–water partition coefficient (Wildman–Crippen LogP) is 5.23. The first-order valence-corrected chi connectivity index (χ1v) is 18.5. The summed E-state index contributed by atoms with van der Waals surface area (Å²) in [6.07, 6.45) is 2.37. The maximum Gasteiger partial charge on any atom is 0.408 e. The zero-order valence-electron chi connectivity index (χ0n) is 26.8. The van der Waals surface area contributed by atoms with Gasteiger partial charge in [0.2, 0.25) is 0 Å². The van der Waals surface area contributed by atoms with E-state index >= 15 is 4.39 Å². The Morgan fingerprint density at radius 2 is 2.08 bits per heavy atom. The summed E-state index contributed by atoms with van der Waals surface area (Å²) in [5, 5.41) is 16.0. The van der Waals surface area contributed by atoms with Gasteiger partial charge in [0.15, 0.2) is 5.60 Å². The number of aryl methyl sites for hydroxylation is 1. The van der Waals surface area contributed by atoms with Gasteiger partial charge >= 0.3 is 12.1 Å². The van der Waals surface area contributed by atoms with Gasteiger partial charge in [-0.2, -0.15) is 0 Å². The molecular formula is C35H33FN4O7S2. The molecular weight excluding hydrogens is 672 g/mol. The molecule has 3 aliphatic heterocycles. The number of hydrogen-bond donors (Lipinski definition) is 2. The second-order valence-corrected chi connectivity index (χ2v) is 15.2. The van der Waals surface area contributed by atoms with E-state index in [2.05, 4.69) is 10.3 Å². The van der Waals surface area contributed by atoms with Gasteiger partial charge in [0.25, 0.3) is 5.56 Å². The Bertz CT molecular complexity index is 2090. The van der Waals surface area contributed by atoms with Crippen LogP contribution in [0.2, 0.25) is 0 Å². The molecule has 254 valence electrons. The molecule has 11 nitrogen and oxygen atoms in total. The van der Waals surface area contributed by atoms with E-state index in [1.165, 1.54) is 16.9 Å². The summed E-state index contributed by atoms with van der Waals surface area (Å²) in [5.74, 6) is -1.20. The number of halogens is 1. The van der Waals surface area contributed by atoms with E-state index in [9.17, 15) is 19.5 Å². The number of aliphatic hydroxyl groups is 1. The topological polar surface area (TPSA) is 142 Å². The highest BCUT2D eigenvalue weighted by Crippen LogP contribution is 2.46. The van der Waals surface area contributed by atoms with Crippen LogP contribution in [0.5, 0.6) is 0 Å². The van der Waals surface area contributed by atoms with E-state index in [4.69, 9.17) is 19.2 Å². The van der Waals surface area contributed by atoms with Crippen molar-refractivity contribution in [1.82, 2.24) is 19.9 Å². The fraction of sp³-hybridized carbons (Fsp3) is 0.400. The second kappa shape index (κ2) is 12.4. The summed E-state index contributed by atoms with van der Waals surface area (Å²) in [6, 6.07) is 8.22. The Labute approximate surface area is 288 Å². The zero-order valence-corrected chi connectivity index (χ0v) is 28.4. The van der Waals surface area contributed by atoms with Crippen LogP contribution in [0, 0.1) is 12.7 Å². The molecule has 4 aromatic rings. The Kier molecular flexibility index (Phi) is 8.17. The van der Waals surface area contributed by atoms with Gasteiger partial charge in [-0.15, -0.1) is 0 Å². The lowest BCUT2D eigenvalue weighted by atomic mass is 9.81. The van der Waals surface area contributed by atoms with Crippen molar-refractivity contribution in [2.45, 2.75) is 80.7 Å². The van der Waals surface area contributed by atoms with Gasteiger partial charge in [-0.1, -0.05) is 23.8 Å². The summed E-state index contributed by atoms with van der Waals surface area (Å²) < 4.78 is 33.7. The van der Waals surface area contributed by atoms with Crippen LogP contribution in [-0.4, -0.2) is 56.3 Å². The molecule has 6 heterocycles. The highest BCUT2D eigenvalue weighted by molar-refractivity contribution is 8.76. The number of nitrogens with one attached hydrogen (secondary N) is 1. The van der Waals surface area contributed by atoms with Gasteiger partial charge in [0.1, 0.15) is 23.6 Å². The molecule has 0 spiro atoms. The lowest BCUT2D eigenvalue weighted by molar-refractivity contribution is -0.172. The molecule has 0 saturated carbocycles. The number of pyridine rings is 3. The monoisotopic (exact) mass is 704 g/mol. The van der Waals surface area contributed by atoms with Gasteiger partial charge in [-0.3, -0.25) is 4.79 Å². The van der Waals surface area contributed by atoms with Crippen molar-refractivity contribution in [3.8, 4) is 11.4 Å². The van der Waals surface area contributed by atoms with E-state index in [-0.39, 0.29) is 48.4 Å². The summed E-state index contributed by atoms with van der Waals surface area (Å²) in [5.41, 5.74) is 2.12. The molecule has 0 unspecified atom stereocenters. The van der Waals surface area contributed by atoms with Crippen LogP contribution >= 0.6 is 21.6 Å². The summed E-state index contributed by atoms with van der Waals surface area (Å²) in [4.78, 5) is 49.4. The Balaban J connectivity index is 1.15. The molecule has 1 amide bonds. The number of carbonyl (C=O) groups excluding carboxylic acids is 2. The third-order valence-electron chi connectivity index (χ3n) is 10.1. The van der Waals surface area contributed by atoms with Crippen LogP contribution in [0.3, 0.4) is 0 Å². The third-order valence-corrected chi connectivity index (χ3v) is 12.9. The molecule has 4 aliphatic rings. The number of amides is 1. The maximum atomic E-state index is 15.3. The number of nitrogens with zero attached hydrogens (tertiary/aromatic N) is 3. The lowest BCUT2D eigenvalue weighted by Gasteiger charge is -2.32. The number of benzene rings is 1. The normalized spacial score (nSPS) is 23.8. The molecule has 0 radical (unpaired) electrons. The van der Waals surface area contributed by atoms with Gasteiger partial charge in [0, 0.05) is 35.4 Å². The molecule has 1 saturated heterocycles. The number of hydrogen-bond acceptors (Lipinski definition) is 11. The van der Waals surface area contributed by atoms with Crippen molar-refractivity contribution in [3.05, 3.63) is 86.1 Å². The SMILES string of the molecule is CC[C@@]1(O)C(=O)OCc2c1cc1n(c2=O)Cc2c-1nc1cc(F)c(C)c3c1c2[C@@H](NC(=O)O[C@@H]1COCC[C@H]1SSc1ccccn1)CC3. The highest BCUT2D eigenvalue weighted by Gasteiger charge is 2.46. The van der Waals surface area contributed by atoms with E-state index in [1.807, 2.05) is 18.2 Å². The van der Waals surface area contributed by atoms with Gasteiger partial charge in [0.05, 0.1) is 46.9 Å². The standard InChI is InChI=1S/C35H33FN4O7S2/c1-3-35(44)21-12-25-31-19(14-40(25)32(41)20(21)15-46-33(35)42)30-23(8-7-18-17(2)22(36)13-24(38-31)29(18)30)39-34(43)47-26-16-45-11-9-27(26)48-49-28-6-4-5-10-37-28/h4-6,10,12-13,23,26-27,44H,3,7-9,11,14-16H2,1-2H3,(H,39,43)/t23-,26+,27+,35-/m0/s1. The van der Waals surface area contributed by atoms with Crippen molar-refractivity contribution in [2.75, 3.05) is 13.2 Å². The molecule has 2 N–H and O–H groups in total. The molecule has 1 aromatic carbocycles. The number of carbonyl (C=O) groups is 2. The number of alkyl carbamates (subject to hydrolysis) is 1. The minimum atomic E-state index is -1.98. The van der Waals surface area contributed by atoms with Crippen LogP contribution in [0.15, 0.2) is 46.3 Å². The fourth-order valence-corrected chi connectivity index (χ4v) is 9.97. The number of ether oxygens (including phenoxy) is 3. The van der Waals surface area contributed by atoms with Crippen molar-refractivity contribution in [1.29, 1.82) is 0 Å². The van der Waals surface area contributed by atoms with Crippen molar-refractivity contribution in [3.63, 3.8) is 0 Å². The lowest BCUT2D eigenvalue weighted by Crippen LogP contribution is -2.44. The number of aromatic nitrogens is 3. The number of cyclic esters (lactones) is 1. The largest absolute Gasteiger partial charge is 0.458 e. The van der Waals surface area contributed by atoms with Crippen LogP contribution in [0.1, 0.15) is 65.6 Å². The molecule has 49 heavy (non-hydrogen) atoms. The quantitative estimate of drug-likeness (QED) is 0.177. The minimum Gasteiger partial charge on any atom is -0.458 e. The first kappa shape index (κ1) is 32.2. The average molecular weight is 705 g/mol. The molecule has 0 bridgehead atoms. The number of fused-ring (bicyclic) bond motifs is 5. The summed E-state index contributed by atoms with van der Waals surface area (Å²) >= 11 is 0. The van der Waals surface area contributed by atoms with Crippen molar-refractivity contribution < 1.29 is 33.3 Å². The highest BCUT2D eigenvalue weighted by atomic mass is 33.1. The smallest absolute Gasteiger partial charge is 0.408 e. The molecule has 1 aliphatic carbocycles. The number of rotatable bonds is 6. The van der Waals surface area contributed by atoms with Crippen LogP contribution in [0.25, 0.3) is 22.3 Å². The summed E-state index contributed by atoms with van der Waals surface area (Å²) in [7, 11) is 3.14. The van der Waals surface area contributed by atoms with Crippen LogP contribution in [0.4, 0.5) is 9.18 Å². The van der Waals surface area contributed by atoms with Crippen molar-refractivity contribution in [2.24, 2.45) is 0 Å². The average Bonchev–Trinajstić information content (AvgIpc) is 3.48. The molecule has 3 aromatic heterocycles. The third kappa shape index (κ3) is 5.31. The van der Waals surface area contributed by atoms with E-state index in [0.717, 1.165) is 27.1 Å². The molecule has 8 rings (SSSR count). The first-order chi connectivity index (χ1) is 23.7. The van der Waals surface area contributed by atoms with Crippen LogP contribution in [-0.2, 0) is 44.2 Å². The molecule has 1 fully saturated rings. The van der Waals surface area contributed by atoms with E-state index < -0.39 is 35.4 Å².